The fourth-order valence-corrected chi connectivity index (χ4v) is 4.82. The van der Waals surface area contributed by atoms with E-state index in [4.69, 9.17) is 4.74 Å². The molecule has 0 unspecified atom stereocenters. The van der Waals surface area contributed by atoms with Crippen molar-refractivity contribution in [3.8, 4) is 0 Å². The Morgan fingerprint density at radius 3 is 2.35 bits per heavy atom. The third-order valence-electron chi connectivity index (χ3n) is 5.11. The standard InChI is InChI=1S/C21H25F2N3O4S/c1-3-25(4-2)20-8-6-16(31(28,29)26-9-11-30-12-10-26)14-19(20)24-21(27)15-5-7-17(22)18(23)13-15/h5-8,13-14H,3-4,9-12H2,1-2H3,(H,24,27). The van der Waals surface area contributed by atoms with Gasteiger partial charge in [0.25, 0.3) is 5.91 Å². The molecule has 168 valence electrons. The van der Waals surface area contributed by atoms with E-state index in [0.717, 1.165) is 12.1 Å². The molecule has 1 aliphatic heterocycles. The van der Waals surface area contributed by atoms with Gasteiger partial charge < -0.3 is 15.0 Å². The number of benzene rings is 2. The third-order valence-corrected chi connectivity index (χ3v) is 7.00. The molecule has 1 saturated heterocycles. The van der Waals surface area contributed by atoms with Gasteiger partial charge in [-0.15, -0.1) is 0 Å². The highest BCUT2D eigenvalue weighted by Gasteiger charge is 2.27. The highest BCUT2D eigenvalue weighted by atomic mass is 32.2. The lowest BCUT2D eigenvalue weighted by Gasteiger charge is -2.28. The van der Waals surface area contributed by atoms with Crippen molar-refractivity contribution >= 4 is 27.3 Å². The summed E-state index contributed by atoms with van der Waals surface area (Å²) in [7, 11) is -3.78. The Kier molecular flexibility index (Phi) is 7.24. The number of nitrogens with zero attached hydrogens (tertiary/aromatic N) is 2. The van der Waals surface area contributed by atoms with Crippen LogP contribution in [0.2, 0.25) is 0 Å². The van der Waals surface area contributed by atoms with E-state index in [1.807, 2.05) is 18.7 Å². The summed E-state index contributed by atoms with van der Waals surface area (Å²) in [6.45, 7) is 6.24. The number of halogens is 2. The molecule has 1 aliphatic rings. The van der Waals surface area contributed by atoms with Crippen LogP contribution in [0.3, 0.4) is 0 Å². The average Bonchev–Trinajstić information content (AvgIpc) is 2.77. The molecule has 1 amide bonds. The van der Waals surface area contributed by atoms with Crippen molar-refractivity contribution in [3.63, 3.8) is 0 Å². The minimum absolute atomic E-state index is 0.0332. The lowest BCUT2D eigenvalue weighted by molar-refractivity contribution is 0.0730. The van der Waals surface area contributed by atoms with Crippen LogP contribution in [0.15, 0.2) is 41.3 Å². The van der Waals surface area contributed by atoms with Crippen molar-refractivity contribution in [3.05, 3.63) is 53.6 Å². The second-order valence-corrected chi connectivity index (χ2v) is 8.89. The molecule has 1 heterocycles. The first-order valence-electron chi connectivity index (χ1n) is 10.0. The molecule has 7 nitrogen and oxygen atoms in total. The average molecular weight is 454 g/mol. The molecule has 0 bridgehead atoms. The quantitative estimate of drug-likeness (QED) is 0.697. The summed E-state index contributed by atoms with van der Waals surface area (Å²) in [5.41, 5.74) is 0.820. The fraction of sp³-hybridized carbons (Fsp3) is 0.381. The monoisotopic (exact) mass is 453 g/mol. The summed E-state index contributed by atoms with van der Waals surface area (Å²) in [4.78, 5) is 14.7. The number of hydrogen-bond acceptors (Lipinski definition) is 5. The molecule has 10 heteroatoms. The maximum atomic E-state index is 13.6. The number of nitrogens with one attached hydrogen (secondary N) is 1. The summed E-state index contributed by atoms with van der Waals surface area (Å²) in [6, 6.07) is 7.38. The Labute approximate surface area is 180 Å². The summed E-state index contributed by atoms with van der Waals surface area (Å²) in [6.07, 6.45) is 0. The minimum Gasteiger partial charge on any atom is -0.379 e. The summed E-state index contributed by atoms with van der Waals surface area (Å²) >= 11 is 0. The van der Waals surface area contributed by atoms with Gasteiger partial charge in [-0.25, -0.2) is 17.2 Å². The molecule has 2 aromatic rings. The van der Waals surface area contributed by atoms with Gasteiger partial charge in [-0.05, 0) is 50.2 Å². The Hall–Kier alpha value is -2.56. The Balaban J connectivity index is 1.99. The van der Waals surface area contributed by atoms with Crippen LogP contribution in [0.25, 0.3) is 0 Å². The van der Waals surface area contributed by atoms with Gasteiger partial charge in [0.05, 0.1) is 29.5 Å². The number of amides is 1. The largest absolute Gasteiger partial charge is 0.379 e. The third kappa shape index (κ3) is 5.03. The van der Waals surface area contributed by atoms with Crippen molar-refractivity contribution < 1.29 is 26.7 Å². The molecule has 2 aromatic carbocycles. The lowest BCUT2D eigenvalue weighted by Crippen LogP contribution is -2.40. The molecule has 0 saturated carbocycles. The predicted octanol–water partition coefficient (Wildman–Crippen LogP) is 3.08. The Morgan fingerprint density at radius 1 is 1.06 bits per heavy atom. The second kappa shape index (κ2) is 9.71. The van der Waals surface area contributed by atoms with E-state index < -0.39 is 27.6 Å². The van der Waals surface area contributed by atoms with Crippen molar-refractivity contribution in [1.82, 2.24) is 4.31 Å². The number of hydrogen-bond donors (Lipinski definition) is 1. The van der Waals surface area contributed by atoms with Crippen LogP contribution in [0.1, 0.15) is 24.2 Å². The van der Waals surface area contributed by atoms with E-state index in [9.17, 15) is 22.0 Å². The van der Waals surface area contributed by atoms with E-state index in [1.165, 1.54) is 22.5 Å². The van der Waals surface area contributed by atoms with Gasteiger partial charge in [-0.3, -0.25) is 4.79 Å². The maximum Gasteiger partial charge on any atom is 0.255 e. The van der Waals surface area contributed by atoms with Gasteiger partial charge in [0.15, 0.2) is 11.6 Å². The van der Waals surface area contributed by atoms with Crippen molar-refractivity contribution in [1.29, 1.82) is 0 Å². The van der Waals surface area contributed by atoms with Crippen LogP contribution in [-0.4, -0.2) is 58.0 Å². The molecular formula is C21H25F2N3O4S. The normalized spacial score (nSPS) is 15.0. The Bertz CT molecular complexity index is 1050. The minimum atomic E-state index is -3.78. The number of carbonyl (C=O) groups is 1. The van der Waals surface area contributed by atoms with Crippen LogP contribution in [0, 0.1) is 11.6 Å². The number of carbonyl (C=O) groups excluding carboxylic acids is 1. The number of sulfonamides is 1. The van der Waals surface area contributed by atoms with E-state index in [1.54, 1.807) is 6.07 Å². The predicted molar refractivity (Wildman–Crippen MR) is 114 cm³/mol. The first kappa shape index (κ1) is 23.1. The molecule has 0 atom stereocenters. The molecule has 0 spiro atoms. The molecule has 1 N–H and O–H groups in total. The molecule has 0 radical (unpaired) electrons. The van der Waals surface area contributed by atoms with Crippen LogP contribution < -0.4 is 10.2 Å². The molecule has 31 heavy (non-hydrogen) atoms. The topological polar surface area (TPSA) is 79.0 Å². The van der Waals surface area contributed by atoms with Crippen molar-refractivity contribution in [2.45, 2.75) is 18.7 Å². The zero-order valence-electron chi connectivity index (χ0n) is 17.4. The highest BCUT2D eigenvalue weighted by molar-refractivity contribution is 7.89. The van der Waals surface area contributed by atoms with Gasteiger partial charge in [-0.1, -0.05) is 0 Å². The fourth-order valence-electron chi connectivity index (χ4n) is 3.38. The Morgan fingerprint density at radius 2 is 1.74 bits per heavy atom. The summed E-state index contributed by atoms with van der Waals surface area (Å²) < 4.78 is 59.4. The van der Waals surface area contributed by atoms with Gasteiger partial charge in [0, 0.05) is 31.7 Å². The number of morpholine rings is 1. The molecule has 0 aliphatic carbocycles. The van der Waals surface area contributed by atoms with Crippen molar-refractivity contribution in [2.24, 2.45) is 0 Å². The smallest absolute Gasteiger partial charge is 0.255 e. The van der Waals surface area contributed by atoms with E-state index in [-0.39, 0.29) is 29.2 Å². The van der Waals surface area contributed by atoms with E-state index >= 15 is 0 Å². The zero-order valence-corrected chi connectivity index (χ0v) is 18.2. The maximum absolute atomic E-state index is 13.6. The van der Waals surface area contributed by atoms with Crippen LogP contribution >= 0.6 is 0 Å². The van der Waals surface area contributed by atoms with E-state index in [0.29, 0.717) is 32.0 Å². The second-order valence-electron chi connectivity index (χ2n) is 6.95. The molecule has 1 fully saturated rings. The van der Waals surface area contributed by atoms with Gasteiger partial charge in [-0.2, -0.15) is 4.31 Å². The zero-order chi connectivity index (χ0) is 22.6. The lowest BCUT2D eigenvalue weighted by atomic mass is 10.1. The van der Waals surface area contributed by atoms with Gasteiger partial charge in [0.1, 0.15) is 0 Å². The first-order valence-corrected chi connectivity index (χ1v) is 11.4. The van der Waals surface area contributed by atoms with Crippen LogP contribution in [0.4, 0.5) is 20.2 Å². The number of ether oxygens (including phenoxy) is 1. The van der Waals surface area contributed by atoms with Gasteiger partial charge >= 0.3 is 0 Å². The first-order chi connectivity index (χ1) is 14.8. The number of rotatable bonds is 7. The highest BCUT2D eigenvalue weighted by Crippen LogP contribution is 2.31. The van der Waals surface area contributed by atoms with E-state index in [2.05, 4.69) is 5.32 Å². The molecule has 3 rings (SSSR count). The van der Waals surface area contributed by atoms with Crippen LogP contribution in [-0.2, 0) is 14.8 Å². The van der Waals surface area contributed by atoms with Crippen molar-refractivity contribution in [2.75, 3.05) is 49.6 Å². The summed E-state index contributed by atoms with van der Waals surface area (Å²) in [5, 5.41) is 2.66. The summed E-state index contributed by atoms with van der Waals surface area (Å²) in [5.74, 6) is -2.87. The van der Waals surface area contributed by atoms with Gasteiger partial charge in [0.2, 0.25) is 10.0 Å². The molecule has 0 aromatic heterocycles. The SMILES string of the molecule is CCN(CC)c1ccc(S(=O)(=O)N2CCOCC2)cc1NC(=O)c1ccc(F)c(F)c1. The number of anilines is 2. The van der Waals surface area contributed by atoms with Crippen LogP contribution in [0.5, 0.6) is 0 Å². The molecular weight excluding hydrogens is 428 g/mol.